The number of carbonyl (C=O) groups excluding carboxylic acids is 1. The summed E-state index contributed by atoms with van der Waals surface area (Å²) in [5, 5.41) is 2.51. The lowest BCUT2D eigenvalue weighted by Crippen LogP contribution is -2.39. The van der Waals surface area contributed by atoms with E-state index in [0.717, 1.165) is 38.1 Å². The Hall–Kier alpha value is -1.76. The second kappa shape index (κ2) is 6.56. The standard InChI is InChI=1S/C15H20F3N3O/c1-10-3-2-6-21(8-10)9-14(22)20-11-4-5-13(19)12(7-11)15(16,17)18/h4-5,7,10H,2-3,6,8-9,19H2,1H3,(H,20,22). The molecule has 1 aliphatic heterocycles. The van der Waals surface area contributed by atoms with Crippen molar-refractivity contribution >= 4 is 17.3 Å². The average molecular weight is 315 g/mol. The first-order valence-electron chi connectivity index (χ1n) is 7.24. The molecule has 0 spiro atoms. The van der Waals surface area contributed by atoms with Crippen LogP contribution in [0.5, 0.6) is 0 Å². The van der Waals surface area contributed by atoms with Gasteiger partial charge in [0.05, 0.1) is 12.1 Å². The fourth-order valence-corrected chi connectivity index (χ4v) is 2.71. The van der Waals surface area contributed by atoms with Crippen LogP contribution in [0.4, 0.5) is 24.5 Å². The zero-order valence-corrected chi connectivity index (χ0v) is 12.4. The highest BCUT2D eigenvalue weighted by Crippen LogP contribution is 2.35. The number of anilines is 2. The van der Waals surface area contributed by atoms with E-state index in [1.165, 1.54) is 6.07 Å². The summed E-state index contributed by atoms with van der Waals surface area (Å²) in [5.41, 5.74) is 4.15. The lowest BCUT2D eigenvalue weighted by Gasteiger charge is -2.30. The predicted molar refractivity (Wildman–Crippen MR) is 79.3 cm³/mol. The van der Waals surface area contributed by atoms with Crippen LogP contribution in [0.25, 0.3) is 0 Å². The van der Waals surface area contributed by atoms with Gasteiger partial charge in [0.15, 0.2) is 0 Å². The van der Waals surface area contributed by atoms with Crippen molar-refractivity contribution in [2.45, 2.75) is 25.9 Å². The molecule has 0 radical (unpaired) electrons. The van der Waals surface area contributed by atoms with Crippen LogP contribution in [-0.4, -0.2) is 30.4 Å². The molecule has 1 saturated heterocycles. The molecule has 0 aromatic heterocycles. The maximum atomic E-state index is 12.8. The second-order valence-corrected chi connectivity index (χ2v) is 5.83. The summed E-state index contributed by atoms with van der Waals surface area (Å²) >= 11 is 0. The molecule has 4 nitrogen and oxygen atoms in total. The van der Waals surface area contributed by atoms with E-state index < -0.39 is 11.7 Å². The molecule has 1 amide bonds. The minimum Gasteiger partial charge on any atom is -0.398 e. The SMILES string of the molecule is CC1CCCN(CC(=O)Nc2ccc(N)c(C(F)(F)F)c2)C1. The third-order valence-corrected chi connectivity index (χ3v) is 3.75. The van der Waals surface area contributed by atoms with Gasteiger partial charge in [-0.1, -0.05) is 6.92 Å². The minimum atomic E-state index is -4.53. The Kier molecular flexibility index (Phi) is 4.95. The average Bonchev–Trinajstić information content (AvgIpc) is 2.39. The number of hydrogen-bond donors (Lipinski definition) is 2. The van der Waals surface area contributed by atoms with Gasteiger partial charge in [0.2, 0.25) is 5.91 Å². The molecule has 0 bridgehead atoms. The van der Waals surface area contributed by atoms with Crippen molar-refractivity contribution < 1.29 is 18.0 Å². The number of alkyl halides is 3. The maximum Gasteiger partial charge on any atom is 0.418 e. The Morgan fingerprint density at radius 2 is 2.18 bits per heavy atom. The summed E-state index contributed by atoms with van der Waals surface area (Å²) in [6, 6.07) is 3.40. The number of halogens is 3. The molecule has 22 heavy (non-hydrogen) atoms. The number of benzene rings is 1. The highest BCUT2D eigenvalue weighted by molar-refractivity contribution is 5.92. The van der Waals surface area contributed by atoms with E-state index in [2.05, 4.69) is 12.2 Å². The van der Waals surface area contributed by atoms with Crippen LogP contribution >= 0.6 is 0 Å². The van der Waals surface area contributed by atoms with Crippen molar-refractivity contribution in [3.8, 4) is 0 Å². The first-order chi connectivity index (χ1) is 10.3. The zero-order valence-electron chi connectivity index (χ0n) is 12.4. The third-order valence-electron chi connectivity index (χ3n) is 3.75. The van der Waals surface area contributed by atoms with Crippen molar-refractivity contribution in [1.29, 1.82) is 0 Å². The molecule has 1 heterocycles. The molecule has 0 aliphatic carbocycles. The monoisotopic (exact) mass is 315 g/mol. The normalized spacial score (nSPS) is 19.9. The highest BCUT2D eigenvalue weighted by Gasteiger charge is 2.33. The van der Waals surface area contributed by atoms with Crippen LogP contribution in [0.15, 0.2) is 18.2 Å². The largest absolute Gasteiger partial charge is 0.418 e. The molecule has 3 N–H and O–H groups in total. The fourth-order valence-electron chi connectivity index (χ4n) is 2.71. The van der Waals surface area contributed by atoms with Gasteiger partial charge in [0.1, 0.15) is 0 Å². The first-order valence-corrected chi connectivity index (χ1v) is 7.24. The first kappa shape index (κ1) is 16.6. The van der Waals surface area contributed by atoms with Crippen LogP contribution in [0, 0.1) is 5.92 Å². The van der Waals surface area contributed by atoms with Gasteiger partial charge in [-0.25, -0.2) is 0 Å². The summed E-state index contributed by atoms with van der Waals surface area (Å²) in [7, 11) is 0. The van der Waals surface area contributed by atoms with Gasteiger partial charge in [-0.15, -0.1) is 0 Å². The number of nitrogens with one attached hydrogen (secondary N) is 1. The van der Waals surface area contributed by atoms with Crippen molar-refractivity contribution in [2.75, 3.05) is 30.7 Å². The molecule has 1 aromatic rings. The van der Waals surface area contributed by atoms with E-state index in [9.17, 15) is 18.0 Å². The smallest absolute Gasteiger partial charge is 0.398 e. The van der Waals surface area contributed by atoms with E-state index >= 15 is 0 Å². The summed E-state index contributed by atoms with van der Waals surface area (Å²) in [6.07, 6.45) is -2.35. The molecule has 7 heteroatoms. The quantitative estimate of drug-likeness (QED) is 0.843. The summed E-state index contributed by atoms with van der Waals surface area (Å²) < 4.78 is 38.3. The summed E-state index contributed by atoms with van der Waals surface area (Å²) in [5.74, 6) is 0.224. The van der Waals surface area contributed by atoms with Crippen LogP contribution in [0.3, 0.4) is 0 Å². The number of carbonyl (C=O) groups is 1. The molecule has 1 unspecified atom stereocenters. The van der Waals surface area contributed by atoms with Crippen LogP contribution in [0.2, 0.25) is 0 Å². The Bertz CT molecular complexity index is 545. The Morgan fingerprint density at radius 3 is 2.82 bits per heavy atom. The number of nitrogens with two attached hydrogens (primary N) is 1. The highest BCUT2D eigenvalue weighted by atomic mass is 19.4. The molecular weight excluding hydrogens is 295 g/mol. The number of amides is 1. The minimum absolute atomic E-state index is 0.108. The number of nitrogens with zero attached hydrogens (tertiary/aromatic N) is 1. The van der Waals surface area contributed by atoms with Crippen LogP contribution < -0.4 is 11.1 Å². The zero-order chi connectivity index (χ0) is 16.3. The number of nitrogen functional groups attached to an aromatic ring is 1. The van der Waals surface area contributed by atoms with Crippen molar-refractivity contribution in [3.05, 3.63) is 23.8 Å². The molecule has 1 aliphatic rings. The van der Waals surface area contributed by atoms with E-state index in [4.69, 9.17) is 5.73 Å². The van der Waals surface area contributed by atoms with E-state index in [-0.39, 0.29) is 23.8 Å². The van der Waals surface area contributed by atoms with Gasteiger partial charge in [0, 0.05) is 17.9 Å². The Labute approximate surface area is 127 Å². The van der Waals surface area contributed by atoms with Crippen LogP contribution in [0.1, 0.15) is 25.3 Å². The molecule has 1 atom stereocenters. The predicted octanol–water partition coefficient (Wildman–Crippen LogP) is 2.96. The lowest BCUT2D eigenvalue weighted by molar-refractivity contribution is -0.137. The Balaban J connectivity index is 1.99. The summed E-state index contributed by atoms with van der Waals surface area (Å²) in [6.45, 7) is 3.99. The van der Waals surface area contributed by atoms with Gasteiger partial charge in [-0.2, -0.15) is 13.2 Å². The van der Waals surface area contributed by atoms with Crippen molar-refractivity contribution in [1.82, 2.24) is 4.90 Å². The Morgan fingerprint density at radius 1 is 1.45 bits per heavy atom. The van der Waals surface area contributed by atoms with Gasteiger partial charge < -0.3 is 11.1 Å². The van der Waals surface area contributed by atoms with E-state index in [1.54, 1.807) is 0 Å². The fraction of sp³-hybridized carbons (Fsp3) is 0.533. The maximum absolute atomic E-state index is 12.8. The molecule has 1 fully saturated rings. The molecule has 122 valence electrons. The van der Waals surface area contributed by atoms with Crippen LogP contribution in [-0.2, 0) is 11.0 Å². The molecular formula is C15H20F3N3O. The van der Waals surface area contributed by atoms with E-state index in [1.807, 2.05) is 4.90 Å². The summed E-state index contributed by atoms with van der Waals surface area (Å²) in [4.78, 5) is 14.0. The van der Waals surface area contributed by atoms with Gasteiger partial charge >= 0.3 is 6.18 Å². The second-order valence-electron chi connectivity index (χ2n) is 5.83. The molecule has 0 saturated carbocycles. The lowest BCUT2D eigenvalue weighted by atomic mass is 10.0. The number of rotatable bonds is 3. The number of piperidine rings is 1. The third kappa shape index (κ3) is 4.37. The van der Waals surface area contributed by atoms with Gasteiger partial charge in [-0.3, -0.25) is 9.69 Å². The van der Waals surface area contributed by atoms with Crippen molar-refractivity contribution in [3.63, 3.8) is 0 Å². The molecule has 2 rings (SSSR count). The van der Waals surface area contributed by atoms with Gasteiger partial charge in [-0.05, 0) is 43.5 Å². The number of likely N-dealkylation sites (tertiary alicyclic amines) is 1. The molecule has 1 aromatic carbocycles. The van der Waals surface area contributed by atoms with Crippen molar-refractivity contribution in [2.24, 2.45) is 5.92 Å². The van der Waals surface area contributed by atoms with E-state index in [0.29, 0.717) is 5.92 Å². The number of hydrogen-bond acceptors (Lipinski definition) is 3. The van der Waals surface area contributed by atoms with Gasteiger partial charge in [0.25, 0.3) is 0 Å². The topological polar surface area (TPSA) is 58.4 Å².